The average molecular weight is 322 g/mol. The Labute approximate surface area is 124 Å². The molecule has 2 N–H and O–H groups in total. The van der Waals surface area contributed by atoms with Gasteiger partial charge in [0.1, 0.15) is 0 Å². The summed E-state index contributed by atoms with van der Waals surface area (Å²) in [5.41, 5.74) is 0. The molecule has 122 valence electrons. The molecule has 0 aromatic carbocycles. The first-order valence-electron chi connectivity index (χ1n) is 6.83. The van der Waals surface area contributed by atoms with Crippen LogP contribution in [0.4, 0.5) is 0 Å². The molecule has 0 saturated carbocycles. The predicted octanol–water partition coefficient (Wildman–Crippen LogP) is -1.30. The van der Waals surface area contributed by atoms with Gasteiger partial charge in [-0.15, -0.1) is 0 Å². The van der Waals surface area contributed by atoms with Crippen molar-refractivity contribution in [1.29, 1.82) is 0 Å². The molecule has 1 aliphatic heterocycles. The third-order valence-corrected chi connectivity index (χ3v) is 5.41. The van der Waals surface area contributed by atoms with E-state index in [9.17, 15) is 23.1 Å². The fraction of sp³-hybridized carbons (Fsp3) is 0.833. The fourth-order valence-electron chi connectivity index (χ4n) is 2.14. The van der Waals surface area contributed by atoms with Crippen LogP contribution in [0.25, 0.3) is 0 Å². The minimum absolute atomic E-state index is 0.0508. The topological polar surface area (TPSA) is 113 Å². The van der Waals surface area contributed by atoms with E-state index >= 15 is 0 Å². The molecule has 1 amide bonds. The molecule has 1 unspecified atom stereocenters. The van der Waals surface area contributed by atoms with Gasteiger partial charge in [-0.1, -0.05) is 0 Å². The Bertz CT molecular complexity index is 470. The lowest BCUT2D eigenvalue weighted by molar-refractivity contribution is -0.150. The largest absolute Gasteiger partial charge is 0.467 e. The number of piperidine rings is 1. The van der Waals surface area contributed by atoms with Crippen LogP contribution in [0, 0.1) is 5.92 Å². The standard InChI is InChI=1S/C12H22N2O6S/c1-3-21(18,19)14-6-4-9(5-7-14)11(16)13-8-10(15)12(17)20-2/h9-10,15H,3-8H2,1-2H3,(H,13,16). The number of amides is 1. The fourth-order valence-corrected chi connectivity index (χ4v) is 3.27. The first-order chi connectivity index (χ1) is 9.81. The number of carbonyl (C=O) groups excluding carboxylic acids is 2. The van der Waals surface area contributed by atoms with Crippen LogP contribution in [0.1, 0.15) is 19.8 Å². The first-order valence-corrected chi connectivity index (χ1v) is 8.44. The van der Waals surface area contributed by atoms with E-state index < -0.39 is 22.1 Å². The van der Waals surface area contributed by atoms with E-state index in [4.69, 9.17) is 0 Å². The van der Waals surface area contributed by atoms with Crippen LogP contribution in [-0.4, -0.2) is 68.3 Å². The second kappa shape index (κ2) is 7.71. The van der Waals surface area contributed by atoms with Crippen LogP contribution < -0.4 is 5.32 Å². The number of rotatable bonds is 6. The molecule has 0 radical (unpaired) electrons. The highest BCUT2D eigenvalue weighted by Crippen LogP contribution is 2.19. The van der Waals surface area contributed by atoms with Crippen molar-refractivity contribution in [3.63, 3.8) is 0 Å². The minimum Gasteiger partial charge on any atom is -0.467 e. The Hall–Kier alpha value is -1.19. The van der Waals surface area contributed by atoms with Crippen molar-refractivity contribution in [2.45, 2.75) is 25.9 Å². The number of sulfonamides is 1. The maximum Gasteiger partial charge on any atom is 0.336 e. The van der Waals surface area contributed by atoms with Crippen molar-refractivity contribution in [3.05, 3.63) is 0 Å². The van der Waals surface area contributed by atoms with E-state index in [1.54, 1.807) is 6.92 Å². The summed E-state index contributed by atoms with van der Waals surface area (Å²) in [5, 5.41) is 11.8. The Kier molecular flexibility index (Phi) is 6.56. The Morgan fingerprint density at radius 3 is 2.43 bits per heavy atom. The van der Waals surface area contributed by atoms with Crippen molar-refractivity contribution in [3.8, 4) is 0 Å². The van der Waals surface area contributed by atoms with E-state index in [-0.39, 0.29) is 24.1 Å². The SMILES string of the molecule is CCS(=O)(=O)N1CCC(C(=O)NCC(O)C(=O)OC)CC1. The summed E-state index contributed by atoms with van der Waals surface area (Å²) in [5.74, 6) is -1.35. The lowest BCUT2D eigenvalue weighted by Crippen LogP contribution is -2.45. The molecule has 9 heteroatoms. The Morgan fingerprint density at radius 1 is 1.38 bits per heavy atom. The molecule has 0 bridgehead atoms. The zero-order valence-electron chi connectivity index (χ0n) is 12.2. The maximum atomic E-state index is 11.9. The predicted molar refractivity (Wildman–Crippen MR) is 74.8 cm³/mol. The normalized spacial score (nSPS) is 19.0. The summed E-state index contributed by atoms with van der Waals surface area (Å²) in [6.45, 7) is 2.00. The highest BCUT2D eigenvalue weighted by molar-refractivity contribution is 7.89. The third kappa shape index (κ3) is 4.94. The van der Waals surface area contributed by atoms with Gasteiger partial charge < -0.3 is 15.2 Å². The van der Waals surface area contributed by atoms with Crippen LogP contribution in [0.3, 0.4) is 0 Å². The van der Waals surface area contributed by atoms with Crippen LogP contribution in [0.15, 0.2) is 0 Å². The van der Waals surface area contributed by atoms with Crippen LogP contribution in [0.2, 0.25) is 0 Å². The molecule has 0 aliphatic carbocycles. The number of nitrogens with one attached hydrogen (secondary N) is 1. The van der Waals surface area contributed by atoms with Gasteiger partial charge in [0, 0.05) is 19.0 Å². The number of esters is 1. The molecule has 21 heavy (non-hydrogen) atoms. The molecule has 1 saturated heterocycles. The van der Waals surface area contributed by atoms with E-state index in [1.807, 2.05) is 0 Å². The number of ether oxygens (including phenoxy) is 1. The zero-order chi connectivity index (χ0) is 16.0. The molecular weight excluding hydrogens is 300 g/mol. The van der Waals surface area contributed by atoms with E-state index in [0.29, 0.717) is 25.9 Å². The number of hydrogen-bond donors (Lipinski definition) is 2. The lowest BCUT2D eigenvalue weighted by atomic mass is 9.97. The maximum absolute atomic E-state index is 11.9. The number of carbonyl (C=O) groups is 2. The zero-order valence-corrected chi connectivity index (χ0v) is 13.1. The van der Waals surface area contributed by atoms with Crippen molar-refractivity contribution in [2.24, 2.45) is 5.92 Å². The smallest absolute Gasteiger partial charge is 0.336 e. The van der Waals surface area contributed by atoms with E-state index in [0.717, 1.165) is 7.11 Å². The van der Waals surface area contributed by atoms with Gasteiger partial charge in [0.15, 0.2) is 6.10 Å². The number of nitrogens with zero attached hydrogens (tertiary/aromatic N) is 1. The van der Waals surface area contributed by atoms with Gasteiger partial charge in [-0.3, -0.25) is 4.79 Å². The molecule has 1 heterocycles. The van der Waals surface area contributed by atoms with Gasteiger partial charge in [-0.25, -0.2) is 17.5 Å². The van der Waals surface area contributed by atoms with Crippen LogP contribution >= 0.6 is 0 Å². The third-order valence-electron chi connectivity index (χ3n) is 3.53. The number of methoxy groups -OCH3 is 1. The second-order valence-electron chi connectivity index (χ2n) is 4.86. The molecule has 1 atom stereocenters. The van der Waals surface area contributed by atoms with Crippen molar-refractivity contribution >= 4 is 21.9 Å². The van der Waals surface area contributed by atoms with Crippen molar-refractivity contribution < 1.29 is 27.9 Å². The summed E-state index contributed by atoms with van der Waals surface area (Å²) in [4.78, 5) is 22.9. The molecule has 0 aromatic heterocycles. The molecule has 1 rings (SSSR count). The number of hydrogen-bond acceptors (Lipinski definition) is 6. The molecule has 1 aliphatic rings. The van der Waals surface area contributed by atoms with E-state index in [2.05, 4.69) is 10.1 Å². The average Bonchev–Trinajstić information content (AvgIpc) is 2.51. The highest BCUT2D eigenvalue weighted by Gasteiger charge is 2.30. The molecule has 1 fully saturated rings. The van der Waals surface area contributed by atoms with Gasteiger partial charge in [-0.2, -0.15) is 0 Å². The Balaban J connectivity index is 2.41. The van der Waals surface area contributed by atoms with Crippen molar-refractivity contribution in [2.75, 3.05) is 32.5 Å². The number of aliphatic hydroxyl groups excluding tert-OH is 1. The van der Waals surface area contributed by atoms with Crippen LogP contribution in [-0.2, 0) is 24.3 Å². The van der Waals surface area contributed by atoms with Crippen LogP contribution in [0.5, 0.6) is 0 Å². The summed E-state index contributed by atoms with van der Waals surface area (Å²) in [6.07, 6.45) is -0.529. The Morgan fingerprint density at radius 2 is 1.95 bits per heavy atom. The van der Waals surface area contributed by atoms with Crippen molar-refractivity contribution in [1.82, 2.24) is 9.62 Å². The molecule has 8 nitrogen and oxygen atoms in total. The minimum atomic E-state index is -3.21. The van der Waals surface area contributed by atoms with E-state index in [1.165, 1.54) is 4.31 Å². The first kappa shape index (κ1) is 17.9. The molecule has 0 aromatic rings. The quantitative estimate of drug-likeness (QED) is 0.588. The number of aliphatic hydroxyl groups is 1. The summed E-state index contributed by atoms with van der Waals surface area (Å²) >= 11 is 0. The van der Waals surface area contributed by atoms with Gasteiger partial charge in [-0.05, 0) is 19.8 Å². The van der Waals surface area contributed by atoms with Gasteiger partial charge >= 0.3 is 5.97 Å². The summed E-state index contributed by atoms with van der Waals surface area (Å²) in [7, 11) is -2.06. The lowest BCUT2D eigenvalue weighted by Gasteiger charge is -2.30. The monoisotopic (exact) mass is 322 g/mol. The summed E-state index contributed by atoms with van der Waals surface area (Å²) in [6, 6.07) is 0. The van der Waals surface area contributed by atoms with Gasteiger partial charge in [0.25, 0.3) is 0 Å². The van der Waals surface area contributed by atoms with Gasteiger partial charge in [0.2, 0.25) is 15.9 Å². The van der Waals surface area contributed by atoms with Gasteiger partial charge in [0.05, 0.1) is 19.4 Å². The molecule has 0 spiro atoms. The summed E-state index contributed by atoms with van der Waals surface area (Å²) < 4.78 is 29.1. The highest BCUT2D eigenvalue weighted by atomic mass is 32.2. The second-order valence-corrected chi connectivity index (χ2v) is 7.12. The molecular formula is C12H22N2O6S.